The average molecular weight is 268 g/mol. The Bertz CT molecular complexity index is 775. The number of aromatic amines is 1. The van der Waals surface area contributed by atoms with Crippen LogP contribution in [0.1, 0.15) is 5.69 Å². The Labute approximate surface area is 115 Å². The van der Waals surface area contributed by atoms with Gasteiger partial charge in [-0.3, -0.25) is 4.79 Å². The molecule has 4 heteroatoms. The van der Waals surface area contributed by atoms with Crippen molar-refractivity contribution in [3.05, 3.63) is 54.0 Å². The van der Waals surface area contributed by atoms with Crippen molar-refractivity contribution in [3.8, 4) is 11.1 Å². The minimum absolute atomic E-state index is 0.255. The monoisotopic (exact) mass is 268 g/mol. The highest BCUT2D eigenvalue weighted by molar-refractivity contribution is 6.03. The molecule has 3 nitrogen and oxygen atoms in total. The molecule has 2 aromatic carbocycles. The van der Waals surface area contributed by atoms with Gasteiger partial charge in [-0.15, -0.1) is 0 Å². The van der Waals surface area contributed by atoms with Crippen molar-refractivity contribution in [2.45, 2.75) is 6.92 Å². The summed E-state index contributed by atoms with van der Waals surface area (Å²) in [7, 11) is 0. The maximum atomic E-state index is 13.0. The molecule has 20 heavy (non-hydrogen) atoms. The first-order chi connectivity index (χ1) is 9.69. The first-order valence-electron chi connectivity index (χ1n) is 6.27. The number of amides is 1. The van der Waals surface area contributed by atoms with Crippen molar-refractivity contribution >= 4 is 23.0 Å². The molecular weight excluding hydrogens is 255 g/mol. The lowest BCUT2D eigenvalue weighted by Crippen LogP contribution is -1.95. The number of nitrogens with one attached hydrogen (secondary N) is 2. The third-order valence-corrected chi connectivity index (χ3v) is 3.30. The second-order valence-electron chi connectivity index (χ2n) is 4.67. The number of benzene rings is 2. The Morgan fingerprint density at radius 3 is 2.60 bits per heavy atom. The minimum Gasteiger partial charge on any atom is -0.357 e. The quantitative estimate of drug-likeness (QED) is 0.696. The van der Waals surface area contributed by atoms with E-state index in [1.165, 1.54) is 12.1 Å². The van der Waals surface area contributed by atoms with Crippen molar-refractivity contribution in [2.75, 3.05) is 5.32 Å². The fourth-order valence-electron chi connectivity index (χ4n) is 2.42. The molecule has 0 aliphatic heterocycles. The first kappa shape index (κ1) is 12.4. The molecule has 0 aliphatic rings. The van der Waals surface area contributed by atoms with Crippen LogP contribution in [0.15, 0.2) is 42.5 Å². The van der Waals surface area contributed by atoms with Gasteiger partial charge >= 0.3 is 0 Å². The average Bonchev–Trinajstić information content (AvgIpc) is 2.82. The van der Waals surface area contributed by atoms with Gasteiger partial charge < -0.3 is 10.3 Å². The van der Waals surface area contributed by atoms with Gasteiger partial charge in [-0.05, 0) is 42.3 Å². The number of anilines is 1. The van der Waals surface area contributed by atoms with E-state index in [1.807, 2.05) is 25.1 Å². The number of fused-ring (bicyclic) bond motifs is 1. The number of aryl methyl sites for hydroxylation is 1. The molecule has 0 atom stereocenters. The lowest BCUT2D eigenvalue weighted by atomic mass is 10.0. The summed E-state index contributed by atoms with van der Waals surface area (Å²) in [6, 6.07) is 12.2. The van der Waals surface area contributed by atoms with Gasteiger partial charge in [0.25, 0.3) is 0 Å². The van der Waals surface area contributed by atoms with E-state index in [1.54, 1.807) is 12.1 Å². The summed E-state index contributed by atoms with van der Waals surface area (Å²) in [4.78, 5) is 13.9. The standard InChI is InChI=1S/C16H13FN2O/c1-10-8-14-13(11-2-4-12(17)5-3-11)6-7-15(18-9-20)16(14)19-10/h2-9,19H,1H3,(H,18,20). The molecule has 0 saturated heterocycles. The minimum atomic E-state index is -0.255. The van der Waals surface area contributed by atoms with Crippen molar-refractivity contribution in [2.24, 2.45) is 0 Å². The molecule has 3 aromatic rings. The largest absolute Gasteiger partial charge is 0.357 e. The van der Waals surface area contributed by atoms with Gasteiger partial charge in [0.2, 0.25) is 6.41 Å². The number of halogens is 1. The molecule has 100 valence electrons. The number of carbonyl (C=O) groups excluding carboxylic acids is 1. The molecule has 0 saturated carbocycles. The Kier molecular flexibility index (Phi) is 2.99. The highest BCUT2D eigenvalue weighted by atomic mass is 19.1. The molecule has 0 radical (unpaired) electrons. The SMILES string of the molecule is Cc1cc2c(-c3ccc(F)cc3)ccc(NC=O)c2[nH]1. The second kappa shape index (κ2) is 4.81. The van der Waals surface area contributed by atoms with E-state index in [2.05, 4.69) is 10.3 Å². The number of H-pyrrole nitrogens is 1. The zero-order valence-electron chi connectivity index (χ0n) is 10.9. The fourth-order valence-corrected chi connectivity index (χ4v) is 2.42. The number of rotatable bonds is 3. The molecular formula is C16H13FN2O. The van der Waals surface area contributed by atoms with Crippen LogP contribution in [0.25, 0.3) is 22.0 Å². The molecule has 2 N–H and O–H groups in total. The normalized spacial score (nSPS) is 10.7. The maximum absolute atomic E-state index is 13.0. The van der Waals surface area contributed by atoms with E-state index in [4.69, 9.17) is 0 Å². The molecule has 0 fully saturated rings. The molecule has 0 unspecified atom stereocenters. The zero-order valence-corrected chi connectivity index (χ0v) is 10.9. The van der Waals surface area contributed by atoms with E-state index in [0.29, 0.717) is 6.41 Å². The van der Waals surface area contributed by atoms with Crippen molar-refractivity contribution in [1.82, 2.24) is 4.98 Å². The molecule has 1 amide bonds. The third kappa shape index (κ3) is 2.05. The van der Waals surface area contributed by atoms with E-state index in [9.17, 15) is 9.18 Å². The van der Waals surface area contributed by atoms with Crippen LogP contribution in [0.4, 0.5) is 10.1 Å². The van der Waals surface area contributed by atoms with Gasteiger partial charge in [0, 0.05) is 11.1 Å². The molecule has 0 aliphatic carbocycles. The van der Waals surface area contributed by atoms with E-state index in [0.717, 1.165) is 33.4 Å². The van der Waals surface area contributed by atoms with Crippen LogP contribution in [0.5, 0.6) is 0 Å². The summed E-state index contributed by atoms with van der Waals surface area (Å²) in [5.74, 6) is -0.255. The van der Waals surface area contributed by atoms with Crippen LogP contribution < -0.4 is 5.32 Å². The topological polar surface area (TPSA) is 44.9 Å². The highest BCUT2D eigenvalue weighted by Crippen LogP contribution is 2.33. The van der Waals surface area contributed by atoms with Gasteiger partial charge in [-0.25, -0.2) is 4.39 Å². The Balaban J connectivity index is 2.24. The van der Waals surface area contributed by atoms with E-state index >= 15 is 0 Å². The number of carbonyl (C=O) groups is 1. The van der Waals surface area contributed by atoms with Gasteiger partial charge in [-0.1, -0.05) is 18.2 Å². The van der Waals surface area contributed by atoms with Gasteiger partial charge in [-0.2, -0.15) is 0 Å². The highest BCUT2D eigenvalue weighted by Gasteiger charge is 2.10. The summed E-state index contributed by atoms with van der Waals surface area (Å²) in [5, 5.41) is 3.68. The first-order valence-corrected chi connectivity index (χ1v) is 6.27. The lowest BCUT2D eigenvalue weighted by Gasteiger charge is -2.07. The van der Waals surface area contributed by atoms with E-state index in [-0.39, 0.29) is 5.82 Å². The Morgan fingerprint density at radius 2 is 1.90 bits per heavy atom. The molecule has 1 heterocycles. The number of hydrogen-bond acceptors (Lipinski definition) is 1. The van der Waals surface area contributed by atoms with Crippen LogP contribution >= 0.6 is 0 Å². The van der Waals surface area contributed by atoms with Crippen LogP contribution in [0.3, 0.4) is 0 Å². The predicted octanol–water partition coefficient (Wildman–Crippen LogP) is 3.85. The Hall–Kier alpha value is -2.62. The zero-order chi connectivity index (χ0) is 14.1. The van der Waals surface area contributed by atoms with Gasteiger partial charge in [0.15, 0.2) is 0 Å². The summed E-state index contributed by atoms with van der Waals surface area (Å²) in [6.07, 6.45) is 0.655. The number of hydrogen-bond donors (Lipinski definition) is 2. The smallest absolute Gasteiger partial charge is 0.211 e. The van der Waals surface area contributed by atoms with Crippen LogP contribution in [-0.2, 0) is 4.79 Å². The molecule has 0 spiro atoms. The van der Waals surface area contributed by atoms with Crippen LogP contribution in [-0.4, -0.2) is 11.4 Å². The van der Waals surface area contributed by atoms with E-state index < -0.39 is 0 Å². The summed E-state index contributed by atoms with van der Waals surface area (Å²) in [5.41, 5.74) is 4.54. The van der Waals surface area contributed by atoms with Crippen molar-refractivity contribution in [1.29, 1.82) is 0 Å². The predicted molar refractivity (Wildman–Crippen MR) is 78.1 cm³/mol. The van der Waals surface area contributed by atoms with Gasteiger partial charge in [0.05, 0.1) is 11.2 Å². The second-order valence-corrected chi connectivity index (χ2v) is 4.67. The van der Waals surface area contributed by atoms with Gasteiger partial charge in [0.1, 0.15) is 5.82 Å². The molecule has 1 aromatic heterocycles. The lowest BCUT2D eigenvalue weighted by molar-refractivity contribution is -0.105. The molecule has 3 rings (SSSR count). The number of aromatic nitrogens is 1. The third-order valence-electron chi connectivity index (χ3n) is 3.30. The van der Waals surface area contributed by atoms with Crippen molar-refractivity contribution < 1.29 is 9.18 Å². The summed E-state index contributed by atoms with van der Waals surface area (Å²) < 4.78 is 13.0. The fraction of sp³-hybridized carbons (Fsp3) is 0.0625. The summed E-state index contributed by atoms with van der Waals surface area (Å²) in [6.45, 7) is 1.96. The molecule has 0 bridgehead atoms. The van der Waals surface area contributed by atoms with Crippen molar-refractivity contribution in [3.63, 3.8) is 0 Å². The maximum Gasteiger partial charge on any atom is 0.211 e. The van der Waals surface area contributed by atoms with Crippen LogP contribution in [0.2, 0.25) is 0 Å². The van der Waals surface area contributed by atoms with Crippen LogP contribution in [0, 0.1) is 12.7 Å². The Morgan fingerprint density at radius 1 is 1.15 bits per heavy atom. The summed E-state index contributed by atoms with van der Waals surface area (Å²) >= 11 is 0.